The van der Waals surface area contributed by atoms with Gasteiger partial charge in [-0.3, -0.25) is 0 Å². The molecule has 3 nitrogen and oxygen atoms in total. The van der Waals surface area contributed by atoms with Crippen LogP contribution in [0, 0.1) is 0 Å². The van der Waals surface area contributed by atoms with Crippen LogP contribution in [0.2, 0.25) is 0 Å². The molecule has 0 aromatic heterocycles. The molecule has 41 valence electrons. The number of rotatable bonds is 0. The largest absolute Gasteiger partial charge is 2.00 e. The topological polar surface area (TPSA) is 85.5 Å². The summed E-state index contributed by atoms with van der Waals surface area (Å²) in [6.45, 7) is 0. The molecule has 0 spiro atoms. The first-order valence-electron chi connectivity index (χ1n) is 0. The van der Waals surface area contributed by atoms with Gasteiger partial charge in [-0.1, -0.05) is 0 Å². The minimum atomic E-state index is 0. The van der Waals surface area contributed by atoms with Gasteiger partial charge in [0, 0.05) is 0 Å². The van der Waals surface area contributed by atoms with E-state index in [2.05, 4.69) is 0 Å². The average molecular weight is 195 g/mol. The Morgan fingerprint density at radius 2 is 0.667 bits per heavy atom. The minimum absolute atomic E-state index is 0. The predicted octanol–water partition coefficient (Wildman–Crippen LogP) is -0.742. The fourth-order valence-electron chi connectivity index (χ4n) is 0. The molecule has 0 aliphatic carbocycles. The van der Waals surface area contributed by atoms with E-state index < -0.39 is 0 Å². The van der Waals surface area contributed by atoms with Gasteiger partial charge in [-0.05, 0) is 0 Å². The molecule has 0 aromatic carbocycles. The van der Waals surface area contributed by atoms with Gasteiger partial charge in [-0.15, -0.1) is 0 Å². The van der Waals surface area contributed by atoms with E-state index in [1.165, 1.54) is 0 Å². The van der Waals surface area contributed by atoms with Gasteiger partial charge in [0.1, 0.15) is 0 Å². The third-order valence-electron chi connectivity index (χ3n) is 0. The second-order valence-electron chi connectivity index (χ2n) is 0. The standard InChI is InChI=1S/Cu.Mg.Ni.3O/q3*+2;3*-2. The van der Waals surface area contributed by atoms with E-state index in [4.69, 9.17) is 0 Å². The number of hydrogen-bond donors (Lipinski definition) is 0. The van der Waals surface area contributed by atoms with Crippen molar-refractivity contribution in [1.29, 1.82) is 0 Å². The van der Waals surface area contributed by atoms with Gasteiger partial charge < -0.3 is 16.4 Å². The maximum absolute atomic E-state index is 0. The van der Waals surface area contributed by atoms with E-state index in [9.17, 15) is 0 Å². The van der Waals surface area contributed by atoms with Crippen molar-refractivity contribution >= 4 is 23.1 Å². The monoisotopic (exact) mass is 193 g/mol. The minimum Gasteiger partial charge on any atom is -2.00 e. The molecule has 0 bridgehead atoms. The van der Waals surface area contributed by atoms with Crippen LogP contribution >= 0.6 is 0 Å². The van der Waals surface area contributed by atoms with Gasteiger partial charge in [0.15, 0.2) is 0 Å². The number of hydrogen-bond acceptors (Lipinski definition) is 0. The Labute approximate surface area is 72.7 Å². The SMILES string of the molecule is [Cu+2].[Mg+2].[Ni+2].[O-2].[O-2].[O-2]. The van der Waals surface area contributed by atoms with E-state index in [1.54, 1.807) is 0 Å². The van der Waals surface area contributed by atoms with Crippen LogP contribution in [0.15, 0.2) is 0 Å². The van der Waals surface area contributed by atoms with Crippen LogP contribution in [0.5, 0.6) is 0 Å². The van der Waals surface area contributed by atoms with Crippen molar-refractivity contribution in [2.45, 2.75) is 0 Å². The van der Waals surface area contributed by atoms with Crippen LogP contribution in [0.3, 0.4) is 0 Å². The Hall–Kier alpha value is 1.66. The summed E-state index contributed by atoms with van der Waals surface area (Å²) in [5.41, 5.74) is 0. The first-order valence-corrected chi connectivity index (χ1v) is 0. The first-order chi connectivity index (χ1) is 0. The van der Waals surface area contributed by atoms with Gasteiger partial charge >= 0.3 is 56.6 Å². The molecule has 0 aromatic rings. The summed E-state index contributed by atoms with van der Waals surface area (Å²) < 4.78 is 0. The van der Waals surface area contributed by atoms with Crippen LogP contribution in [0.1, 0.15) is 0 Å². The normalized spacial score (nSPS) is 0. The summed E-state index contributed by atoms with van der Waals surface area (Å²) >= 11 is 0. The van der Waals surface area contributed by atoms with E-state index in [0.717, 1.165) is 0 Å². The molecule has 0 saturated carbocycles. The summed E-state index contributed by atoms with van der Waals surface area (Å²) in [7, 11) is 0. The van der Waals surface area contributed by atoms with Crippen LogP contribution in [-0.2, 0) is 50.0 Å². The Balaban J connectivity index is 0. The van der Waals surface area contributed by atoms with Crippen LogP contribution < -0.4 is 0 Å². The molecule has 0 aliphatic heterocycles. The van der Waals surface area contributed by atoms with Crippen molar-refractivity contribution in [3.8, 4) is 0 Å². The molecule has 6 heavy (non-hydrogen) atoms. The summed E-state index contributed by atoms with van der Waals surface area (Å²) in [4.78, 5) is 0. The smallest absolute Gasteiger partial charge is 2.00 e. The second kappa shape index (κ2) is 77.5. The zero-order chi connectivity index (χ0) is 0. The van der Waals surface area contributed by atoms with Gasteiger partial charge in [0.05, 0.1) is 0 Å². The molecule has 0 fully saturated rings. The maximum Gasteiger partial charge on any atom is 2.00 e. The summed E-state index contributed by atoms with van der Waals surface area (Å²) in [5.74, 6) is 0. The summed E-state index contributed by atoms with van der Waals surface area (Å²) in [6, 6.07) is 0. The van der Waals surface area contributed by atoms with Crippen molar-refractivity contribution in [3.05, 3.63) is 0 Å². The Morgan fingerprint density at radius 1 is 0.667 bits per heavy atom. The molecule has 6 heteroatoms. The molecule has 1 radical (unpaired) electrons. The molecule has 0 rings (SSSR count). The maximum atomic E-state index is 0. The van der Waals surface area contributed by atoms with Crippen LogP contribution in [-0.4, -0.2) is 23.1 Å². The van der Waals surface area contributed by atoms with Gasteiger partial charge in [0.2, 0.25) is 0 Å². The van der Waals surface area contributed by atoms with Gasteiger partial charge in [0.25, 0.3) is 0 Å². The van der Waals surface area contributed by atoms with Crippen molar-refractivity contribution in [1.82, 2.24) is 0 Å². The third-order valence-corrected chi connectivity index (χ3v) is 0. The fraction of sp³-hybridized carbons (Fsp3) is 0. The van der Waals surface area contributed by atoms with Crippen LogP contribution in [0.25, 0.3) is 0 Å². The average Bonchev–Trinajstić information content (AvgIpc) is 0. The Kier molecular flexibility index (Phi) is 1590. The van der Waals surface area contributed by atoms with E-state index in [0.29, 0.717) is 0 Å². The second-order valence-corrected chi connectivity index (χ2v) is 0. The van der Waals surface area contributed by atoms with E-state index >= 15 is 0 Å². The summed E-state index contributed by atoms with van der Waals surface area (Å²) in [5, 5.41) is 0. The molecule has 0 heterocycles. The molecule has 0 aliphatic rings. The molecule has 0 atom stereocenters. The Morgan fingerprint density at radius 3 is 0.667 bits per heavy atom. The first kappa shape index (κ1) is 123. The molecule has 0 saturated heterocycles. The molecule has 0 N–H and O–H groups in total. The van der Waals surface area contributed by atoms with Crippen molar-refractivity contribution in [3.63, 3.8) is 0 Å². The van der Waals surface area contributed by atoms with E-state index in [-0.39, 0.29) is 73.0 Å². The van der Waals surface area contributed by atoms with Crippen molar-refractivity contribution < 1.29 is 50.0 Å². The van der Waals surface area contributed by atoms with Crippen molar-refractivity contribution in [2.24, 2.45) is 0 Å². The Bertz CT molecular complexity index is 10.8. The zero-order valence-electron chi connectivity index (χ0n) is 2.55. The van der Waals surface area contributed by atoms with E-state index in [1.807, 2.05) is 0 Å². The summed E-state index contributed by atoms with van der Waals surface area (Å²) in [6.07, 6.45) is 0. The quantitative estimate of drug-likeness (QED) is 0.455. The molecular weight excluding hydrogens is 195 g/mol. The fourth-order valence-corrected chi connectivity index (χ4v) is 0. The predicted molar refractivity (Wildman–Crippen MR) is 7.81 cm³/mol. The molecule has 0 unspecified atom stereocenters. The van der Waals surface area contributed by atoms with Crippen LogP contribution in [0.4, 0.5) is 0 Å². The third kappa shape index (κ3) is 44.6. The van der Waals surface area contributed by atoms with Gasteiger partial charge in [-0.2, -0.15) is 0 Å². The van der Waals surface area contributed by atoms with Gasteiger partial charge in [-0.25, -0.2) is 0 Å². The van der Waals surface area contributed by atoms with Crippen molar-refractivity contribution in [2.75, 3.05) is 0 Å². The zero-order valence-corrected chi connectivity index (χ0v) is 5.89. The molecule has 0 amide bonds. The molecular formula is CuMgNiO3.